The van der Waals surface area contributed by atoms with Gasteiger partial charge in [0.05, 0.1) is 22.4 Å². The average Bonchev–Trinajstić information content (AvgIpc) is 2.92. The summed E-state index contributed by atoms with van der Waals surface area (Å²) in [7, 11) is -3.28. The van der Waals surface area contributed by atoms with Gasteiger partial charge in [-0.1, -0.05) is 29.5 Å². The van der Waals surface area contributed by atoms with Crippen molar-refractivity contribution in [1.29, 1.82) is 0 Å². The maximum Gasteiger partial charge on any atom is 0.252 e. The second kappa shape index (κ2) is 7.23. The molecular formula is C17H21N3O3S2. The van der Waals surface area contributed by atoms with E-state index in [1.807, 2.05) is 28.8 Å². The van der Waals surface area contributed by atoms with Crippen LogP contribution in [0.3, 0.4) is 0 Å². The predicted octanol–water partition coefficient (Wildman–Crippen LogP) is 1.99. The topological polar surface area (TPSA) is 71.7 Å². The number of para-hydroxylation sites is 1. The molecule has 1 fully saturated rings. The minimum Gasteiger partial charge on any atom is -0.313 e. The van der Waals surface area contributed by atoms with Crippen molar-refractivity contribution < 1.29 is 13.2 Å². The summed E-state index contributed by atoms with van der Waals surface area (Å²) in [6, 6.07) is 7.89. The first-order valence-electron chi connectivity index (χ1n) is 8.13. The van der Waals surface area contributed by atoms with Crippen LogP contribution < -0.4 is 4.80 Å². The monoisotopic (exact) mass is 379 g/mol. The number of fused-ring (bicyclic) bond motifs is 1. The molecule has 0 radical (unpaired) electrons. The Morgan fingerprint density at radius 2 is 2.20 bits per heavy atom. The normalized spacial score (nSPS) is 20.0. The lowest BCUT2D eigenvalue weighted by Gasteiger charge is -2.28. The molecule has 2 heterocycles. The number of sulfonamides is 1. The Hall–Kier alpha value is -1.77. The van der Waals surface area contributed by atoms with E-state index < -0.39 is 10.0 Å². The third kappa shape index (κ3) is 3.91. The van der Waals surface area contributed by atoms with E-state index in [9.17, 15) is 13.2 Å². The molecule has 6 nitrogen and oxygen atoms in total. The Labute approximate surface area is 151 Å². The maximum absolute atomic E-state index is 12.7. The van der Waals surface area contributed by atoms with Gasteiger partial charge in [0.1, 0.15) is 0 Å². The van der Waals surface area contributed by atoms with Crippen molar-refractivity contribution in [2.45, 2.75) is 19.4 Å². The van der Waals surface area contributed by atoms with Crippen LogP contribution in [0.1, 0.15) is 12.8 Å². The molecule has 1 aromatic heterocycles. The van der Waals surface area contributed by atoms with Crippen molar-refractivity contribution >= 4 is 37.5 Å². The van der Waals surface area contributed by atoms with E-state index in [1.165, 1.54) is 21.9 Å². The molecule has 0 aliphatic carbocycles. The van der Waals surface area contributed by atoms with Crippen LogP contribution in [0.2, 0.25) is 0 Å². The van der Waals surface area contributed by atoms with E-state index >= 15 is 0 Å². The molecule has 0 spiro atoms. The molecule has 0 bridgehead atoms. The van der Waals surface area contributed by atoms with Gasteiger partial charge in [-0.25, -0.2) is 12.7 Å². The molecule has 1 atom stereocenters. The summed E-state index contributed by atoms with van der Waals surface area (Å²) in [5.41, 5.74) is 1.01. The zero-order chi connectivity index (χ0) is 18.0. The number of hydrogen-bond donors (Lipinski definition) is 0. The summed E-state index contributed by atoms with van der Waals surface area (Å²) >= 11 is 1.46. The Morgan fingerprint density at radius 1 is 1.44 bits per heavy atom. The summed E-state index contributed by atoms with van der Waals surface area (Å²) < 4.78 is 27.9. The molecule has 0 saturated carbocycles. The largest absolute Gasteiger partial charge is 0.313 e. The van der Waals surface area contributed by atoms with Crippen molar-refractivity contribution in [3.05, 3.63) is 41.7 Å². The number of thiazole rings is 1. The van der Waals surface area contributed by atoms with Crippen LogP contribution >= 0.6 is 11.3 Å². The number of carbonyl (C=O) groups is 1. The van der Waals surface area contributed by atoms with Crippen LogP contribution in [0.4, 0.5) is 0 Å². The number of carbonyl (C=O) groups excluding carboxylic acids is 1. The highest BCUT2D eigenvalue weighted by Crippen LogP contribution is 2.21. The Morgan fingerprint density at radius 3 is 2.92 bits per heavy atom. The highest BCUT2D eigenvalue weighted by atomic mass is 32.2. The first-order valence-corrected chi connectivity index (χ1v) is 10.8. The number of amides is 1. The molecule has 134 valence electrons. The van der Waals surface area contributed by atoms with Crippen LogP contribution in [0.25, 0.3) is 10.2 Å². The number of aromatic nitrogens is 1. The van der Waals surface area contributed by atoms with Gasteiger partial charge < -0.3 is 4.57 Å². The van der Waals surface area contributed by atoms with E-state index in [-0.39, 0.29) is 18.4 Å². The van der Waals surface area contributed by atoms with E-state index in [4.69, 9.17) is 0 Å². The average molecular weight is 380 g/mol. The van der Waals surface area contributed by atoms with Gasteiger partial charge in [0.2, 0.25) is 10.0 Å². The molecule has 8 heteroatoms. The quantitative estimate of drug-likeness (QED) is 0.763. The van der Waals surface area contributed by atoms with E-state index in [2.05, 4.69) is 11.6 Å². The van der Waals surface area contributed by atoms with Gasteiger partial charge in [0, 0.05) is 19.6 Å². The van der Waals surface area contributed by atoms with E-state index in [1.54, 1.807) is 6.08 Å². The summed E-state index contributed by atoms with van der Waals surface area (Å²) in [5, 5.41) is 0. The van der Waals surface area contributed by atoms with Gasteiger partial charge in [-0.05, 0) is 25.0 Å². The summed E-state index contributed by atoms with van der Waals surface area (Å²) in [6.45, 7) is 5.03. The van der Waals surface area contributed by atoms with Crippen molar-refractivity contribution in [3.63, 3.8) is 0 Å². The third-order valence-corrected chi connectivity index (χ3v) is 6.64. The molecule has 1 aliphatic heterocycles. The Kier molecular flexibility index (Phi) is 5.21. The SMILES string of the molecule is C=CCn1c(=NC(=O)C2CCCN(S(C)(=O)=O)C2)sc2ccccc21. The zero-order valence-electron chi connectivity index (χ0n) is 14.1. The molecule has 2 aromatic rings. The minimum absolute atomic E-state index is 0.216. The molecule has 1 amide bonds. The number of allylic oxidation sites excluding steroid dienone is 1. The van der Waals surface area contributed by atoms with Crippen LogP contribution in [0, 0.1) is 5.92 Å². The van der Waals surface area contributed by atoms with Gasteiger partial charge >= 0.3 is 0 Å². The van der Waals surface area contributed by atoms with Gasteiger partial charge in [-0.3, -0.25) is 4.79 Å². The second-order valence-corrected chi connectivity index (χ2v) is 9.15. The van der Waals surface area contributed by atoms with Crippen molar-refractivity contribution in [2.75, 3.05) is 19.3 Å². The predicted molar refractivity (Wildman–Crippen MR) is 99.7 cm³/mol. The number of rotatable bonds is 4. The van der Waals surface area contributed by atoms with Gasteiger partial charge in [-0.2, -0.15) is 4.99 Å². The molecular weight excluding hydrogens is 358 g/mol. The summed E-state index contributed by atoms with van der Waals surface area (Å²) in [6.07, 6.45) is 4.30. The fourth-order valence-corrected chi connectivity index (χ4v) is 5.00. The lowest BCUT2D eigenvalue weighted by Crippen LogP contribution is -2.41. The summed E-state index contributed by atoms with van der Waals surface area (Å²) in [5.74, 6) is -0.636. The summed E-state index contributed by atoms with van der Waals surface area (Å²) in [4.78, 5) is 17.6. The van der Waals surface area contributed by atoms with Crippen molar-refractivity contribution in [3.8, 4) is 0 Å². The standard InChI is InChI=1S/C17H21N3O3S2/c1-3-10-20-14-8-4-5-9-15(14)24-17(20)18-16(21)13-7-6-11-19(12-13)25(2,22)23/h3-5,8-9,13H,1,6-7,10-12H2,2H3. The first-order chi connectivity index (χ1) is 11.9. The fourth-order valence-electron chi connectivity index (χ4n) is 3.04. The molecule has 1 aromatic carbocycles. The van der Waals surface area contributed by atoms with Crippen molar-refractivity contribution in [1.82, 2.24) is 8.87 Å². The number of nitrogens with zero attached hydrogens (tertiary/aromatic N) is 3. The molecule has 3 rings (SSSR count). The first kappa shape index (κ1) is 18.0. The van der Waals surface area contributed by atoms with Gasteiger partial charge in [0.25, 0.3) is 5.91 Å². The van der Waals surface area contributed by atoms with Crippen LogP contribution in [0.5, 0.6) is 0 Å². The van der Waals surface area contributed by atoms with Crippen LogP contribution in [-0.2, 0) is 21.4 Å². The Bertz CT molecular complexity index is 972. The molecule has 1 saturated heterocycles. The van der Waals surface area contributed by atoms with E-state index in [0.29, 0.717) is 30.7 Å². The second-order valence-electron chi connectivity index (χ2n) is 6.16. The van der Waals surface area contributed by atoms with E-state index in [0.717, 1.165) is 10.2 Å². The molecule has 0 N–H and O–H groups in total. The van der Waals surface area contributed by atoms with Crippen LogP contribution in [0.15, 0.2) is 41.9 Å². The number of benzene rings is 1. The molecule has 25 heavy (non-hydrogen) atoms. The lowest BCUT2D eigenvalue weighted by atomic mass is 9.99. The lowest BCUT2D eigenvalue weighted by molar-refractivity contribution is -0.122. The van der Waals surface area contributed by atoms with Crippen LogP contribution in [-0.4, -0.2) is 42.5 Å². The highest BCUT2D eigenvalue weighted by molar-refractivity contribution is 7.88. The van der Waals surface area contributed by atoms with Gasteiger partial charge in [0.15, 0.2) is 4.80 Å². The molecule has 1 unspecified atom stereocenters. The van der Waals surface area contributed by atoms with Crippen molar-refractivity contribution in [2.24, 2.45) is 10.9 Å². The third-order valence-electron chi connectivity index (χ3n) is 4.31. The van der Waals surface area contributed by atoms with Gasteiger partial charge in [-0.15, -0.1) is 6.58 Å². The number of piperidine rings is 1. The minimum atomic E-state index is -3.28. The highest BCUT2D eigenvalue weighted by Gasteiger charge is 2.30. The zero-order valence-corrected chi connectivity index (χ0v) is 15.7. The smallest absolute Gasteiger partial charge is 0.252 e. The fraction of sp³-hybridized carbons (Fsp3) is 0.412. The maximum atomic E-state index is 12.7. The number of hydrogen-bond acceptors (Lipinski definition) is 4. The molecule has 1 aliphatic rings. The Balaban J connectivity index is 1.94.